The second-order valence-corrected chi connectivity index (χ2v) is 5.28. The average Bonchev–Trinajstić information content (AvgIpc) is 3.14. The van der Waals surface area contributed by atoms with Gasteiger partial charge in [-0.15, -0.1) is 0 Å². The van der Waals surface area contributed by atoms with Gasteiger partial charge >= 0.3 is 5.82 Å². The molecule has 0 saturated carbocycles. The van der Waals surface area contributed by atoms with Gasteiger partial charge < -0.3 is 13.6 Å². The average molecular weight is 279 g/mol. The topological polar surface area (TPSA) is 64.9 Å². The molecule has 2 aliphatic heterocycles. The Morgan fingerprint density at radius 3 is 2.76 bits per heavy atom. The van der Waals surface area contributed by atoms with Crippen molar-refractivity contribution in [1.82, 2.24) is 0 Å². The lowest BCUT2D eigenvalue weighted by Gasteiger charge is -2.19. The number of fused-ring (bicyclic) bond motifs is 5. The molecular formula is C16H9NO4. The quantitative estimate of drug-likeness (QED) is 0.634. The maximum Gasteiger partial charge on any atom is 0.519 e. The van der Waals surface area contributed by atoms with E-state index in [0.717, 1.165) is 16.8 Å². The Morgan fingerprint density at radius 1 is 1.05 bits per heavy atom. The fourth-order valence-electron chi connectivity index (χ4n) is 3.18. The van der Waals surface area contributed by atoms with Crippen LogP contribution in [0.15, 0.2) is 55.0 Å². The molecule has 1 atom stereocenters. The van der Waals surface area contributed by atoms with Crippen molar-refractivity contribution in [1.29, 1.82) is 0 Å². The van der Waals surface area contributed by atoms with E-state index in [2.05, 4.69) is 11.1 Å². The predicted octanol–water partition coefficient (Wildman–Crippen LogP) is 2.78. The lowest BCUT2D eigenvalue weighted by Crippen LogP contribution is -2.28. The molecule has 102 valence electrons. The van der Waals surface area contributed by atoms with Crippen LogP contribution in [0.25, 0.3) is 11.2 Å². The molecule has 0 radical (unpaired) electrons. The highest BCUT2D eigenvalue weighted by atomic mass is 16.6. The molecule has 2 aliphatic rings. The summed E-state index contributed by atoms with van der Waals surface area (Å²) < 4.78 is 15.9. The van der Waals surface area contributed by atoms with Gasteiger partial charge in [0, 0.05) is 17.8 Å². The third-order valence-electron chi connectivity index (χ3n) is 4.18. The zero-order valence-electron chi connectivity index (χ0n) is 10.8. The first kappa shape index (κ1) is 10.9. The lowest BCUT2D eigenvalue weighted by atomic mass is 9.78. The Morgan fingerprint density at radius 2 is 1.86 bits per heavy atom. The van der Waals surface area contributed by atoms with Gasteiger partial charge in [-0.2, -0.15) is 0 Å². The van der Waals surface area contributed by atoms with E-state index < -0.39 is 11.2 Å². The van der Waals surface area contributed by atoms with Crippen LogP contribution in [0.5, 0.6) is 5.75 Å². The maximum atomic E-state index is 11.2. The summed E-state index contributed by atoms with van der Waals surface area (Å²) in [6.45, 7) is 0.486. The first-order valence-corrected chi connectivity index (χ1v) is 6.62. The number of aliphatic imine (C=N–C) groups is 1. The van der Waals surface area contributed by atoms with Crippen LogP contribution in [0.1, 0.15) is 11.1 Å². The lowest BCUT2D eigenvalue weighted by molar-refractivity contribution is 0.327. The van der Waals surface area contributed by atoms with Crippen LogP contribution in [0.3, 0.4) is 0 Å². The molecule has 5 nitrogen and oxygen atoms in total. The summed E-state index contributed by atoms with van der Waals surface area (Å²) in [6.07, 6.45) is 1.91. The summed E-state index contributed by atoms with van der Waals surface area (Å²) in [5.74, 6) is -0.00147. The molecule has 3 aromatic rings. The van der Waals surface area contributed by atoms with Crippen molar-refractivity contribution in [3.05, 3.63) is 58.1 Å². The molecule has 0 aliphatic carbocycles. The van der Waals surface area contributed by atoms with Gasteiger partial charge in [-0.3, -0.25) is 4.99 Å². The molecule has 0 N–H and O–H groups in total. The third kappa shape index (κ3) is 1.25. The molecule has 21 heavy (non-hydrogen) atoms. The van der Waals surface area contributed by atoms with E-state index in [4.69, 9.17) is 13.6 Å². The van der Waals surface area contributed by atoms with Gasteiger partial charge in [0.2, 0.25) is 0 Å². The Labute approximate surface area is 118 Å². The number of rotatable bonds is 0. The zero-order valence-corrected chi connectivity index (χ0v) is 10.8. The standard InChI is InChI=1S/C16H9NO4/c18-15-20-13-5-10-12(6-14(13)21-15)19-8-16(10)7-17-11-4-2-1-3-9(11)16/h1-7H,8H2. The van der Waals surface area contributed by atoms with Gasteiger partial charge in [0.05, 0.1) is 11.1 Å². The molecular weight excluding hydrogens is 270 g/mol. The summed E-state index contributed by atoms with van der Waals surface area (Å²) in [5.41, 5.74) is 3.43. The van der Waals surface area contributed by atoms with Crippen LogP contribution < -0.4 is 10.6 Å². The van der Waals surface area contributed by atoms with E-state index in [1.807, 2.05) is 30.5 Å². The van der Waals surface area contributed by atoms with Crippen molar-refractivity contribution in [2.75, 3.05) is 6.61 Å². The van der Waals surface area contributed by atoms with Gasteiger partial charge in [0.1, 0.15) is 12.4 Å². The van der Waals surface area contributed by atoms with Gasteiger partial charge in [-0.05, 0) is 17.7 Å². The summed E-state index contributed by atoms with van der Waals surface area (Å²) in [4.78, 5) is 15.7. The van der Waals surface area contributed by atoms with Crippen LogP contribution in [0.4, 0.5) is 5.69 Å². The molecule has 2 aromatic carbocycles. The molecule has 5 heteroatoms. The first-order valence-electron chi connectivity index (χ1n) is 6.62. The van der Waals surface area contributed by atoms with Gasteiger partial charge in [-0.25, -0.2) is 4.79 Å². The van der Waals surface area contributed by atoms with Gasteiger partial charge in [0.15, 0.2) is 11.2 Å². The largest absolute Gasteiger partial charge is 0.519 e. The summed E-state index contributed by atoms with van der Waals surface area (Å²) in [7, 11) is 0. The van der Waals surface area contributed by atoms with E-state index in [0.29, 0.717) is 23.5 Å². The van der Waals surface area contributed by atoms with Gasteiger partial charge in [0.25, 0.3) is 0 Å². The van der Waals surface area contributed by atoms with Gasteiger partial charge in [-0.1, -0.05) is 18.2 Å². The van der Waals surface area contributed by atoms with Crippen molar-refractivity contribution in [2.45, 2.75) is 5.41 Å². The van der Waals surface area contributed by atoms with Crippen LogP contribution in [0, 0.1) is 0 Å². The van der Waals surface area contributed by atoms with E-state index in [-0.39, 0.29) is 0 Å². The Kier molecular flexibility index (Phi) is 1.78. The van der Waals surface area contributed by atoms with Crippen LogP contribution in [0.2, 0.25) is 0 Å². The van der Waals surface area contributed by atoms with Crippen molar-refractivity contribution in [3.8, 4) is 5.75 Å². The summed E-state index contributed by atoms with van der Waals surface area (Å²) in [5, 5.41) is 0. The normalized spacial score (nSPS) is 21.7. The van der Waals surface area contributed by atoms with E-state index in [1.54, 1.807) is 6.07 Å². The Bertz CT molecular complexity index is 981. The fourth-order valence-corrected chi connectivity index (χ4v) is 3.18. The molecule has 1 unspecified atom stereocenters. The highest BCUT2D eigenvalue weighted by Gasteiger charge is 2.45. The second kappa shape index (κ2) is 3.44. The Hall–Kier alpha value is -2.82. The Balaban J connectivity index is 1.83. The van der Waals surface area contributed by atoms with E-state index in [1.165, 1.54) is 0 Å². The highest BCUT2D eigenvalue weighted by Crippen LogP contribution is 2.49. The SMILES string of the molecule is O=c1oc2cc3c(cc2o1)C1(C=Nc2ccccc21)CO3. The molecule has 5 rings (SSSR count). The van der Waals surface area contributed by atoms with Crippen molar-refractivity contribution in [2.24, 2.45) is 4.99 Å². The molecule has 1 spiro atoms. The highest BCUT2D eigenvalue weighted by molar-refractivity contribution is 5.93. The monoisotopic (exact) mass is 279 g/mol. The number of nitrogens with zero attached hydrogens (tertiary/aromatic N) is 1. The van der Waals surface area contributed by atoms with Crippen LogP contribution in [-0.2, 0) is 5.41 Å². The fraction of sp³-hybridized carbons (Fsp3) is 0.125. The second-order valence-electron chi connectivity index (χ2n) is 5.28. The number of hydrogen-bond acceptors (Lipinski definition) is 5. The number of para-hydroxylation sites is 1. The van der Waals surface area contributed by atoms with Crippen molar-refractivity contribution < 1.29 is 13.6 Å². The smallest absolute Gasteiger partial charge is 0.491 e. The van der Waals surface area contributed by atoms with E-state index >= 15 is 0 Å². The van der Waals surface area contributed by atoms with Crippen LogP contribution in [-0.4, -0.2) is 12.8 Å². The first-order chi connectivity index (χ1) is 10.3. The minimum Gasteiger partial charge on any atom is -0.491 e. The molecule has 1 aromatic heterocycles. The number of hydrogen-bond donors (Lipinski definition) is 0. The minimum absolute atomic E-state index is 0.402. The molecule has 0 fully saturated rings. The molecule has 0 amide bonds. The van der Waals surface area contributed by atoms with Crippen molar-refractivity contribution >= 4 is 23.1 Å². The number of ether oxygens (including phenoxy) is 1. The predicted molar refractivity (Wildman–Crippen MR) is 75.6 cm³/mol. The third-order valence-corrected chi connectivity index (χ3v) is 4.18. The number of benzene rings is 2. The van der Waals surface area contributed by atoms with E-state index in [9.17, 15) is 4.79 Å². The minimum atomic E-state index is -0.705. The summed E-state index contributed by atoms with van der Waals surface area (Å²) >= 11 is 0. The maximum absolute atomic E-state index is 11.2. The zero-order chi connectivity index (χ0) is 14.0. The molecule has 3 heterocycles. The van der Waals surface area contributed by atoms with Crippen LogP contribution >= 0.6 is 0 Å². The summed E-state index contributed by atoms with van der Waals surface area (Å²) in [6, 6.07) is 11.5. The van der Waals surface area contributed by atoms with Crippen molar-refractivity contribution in [3.63, 3.8) is 0 Å². The molecule has 0 bridgehead atoms. The molecule has 0 saturated heterocycles.